The summed E-state index contributed by atoms with van der Waals surface area (Å²) in [6.07, 6.45) is 0.114. The third kappa shape index (κ3) is 4.22. The minimum absolute atomic E-state index is 0.116. The van der Waals surface area contributed by atoms with E-state index in [4.69, 9.17) is 4.74 Å². The van der Waals surface area contributed by atoms with Crippen molar-refractivity contribution in [3.63, 3.8) is 0 Å². The molecule has 1 amide bonds. The molecule has 0 saturated heterocycles. The standard InChI is InChI=1S/C18H20INO2/c1-4-16(22-17-8-6-5-7-12(17)2)18(21)20-15-10-9-14(19)11-13(15)3/h5-11,16H,4H2,1-3H3,(H,20,21)/t16-/m1/s1. The molecule has 0 heterocycles. The van der Waals surface area contributed by atoms with E-state index in [1.54, 1.807) is 0 Å². The maximum atomic E-state index is 12.5. The summed E-state index contributed by atoms with van der Waals surface area (Å²) in [6, 6.07) is 13.7. The zero-order valence-corrected chi connectivity index (χ0v) is 15.2. The molecule has 2 aromatic rings. The van der Waals surface area contributed by atoms with Crippen LogP contribution < -0.4 is 10.1 Å². The van der Waals surface area contributed by atoms with Crippen molar-refractivity contribution >= 4 is 34.2 Å². The molecule has 0 spiro atoms. The number of nitrogens with one attached hydrogen (secondary N) is 1. The average molecular weight is 409 g/mol. The molecular formula is C18H20INO2. The molecular weight excluding hydrogens is 389 g/mol. The molecule has 1 N–H and O–H groups in total. The Labute approximate surface area is 145 Å². The quantitative estimate of drug-likeness (QED) is 0.727. The number of anilines is 1. The molecule has 0 aliphatic rings. The van der Waals surface area contributed by atoms with Gasteiger partial charge in [-0.15, -0.1) is 0 Å². The molecule has 0 aliphatic heterocycles. The topological polar surface area (TPSA) is 38.3 Å². The number of para-hydroxylation sites is 1. The minimum atomic E-state index is -0.500. The van der Waals surface area contributed by atoms with Crippen LogP contribution in [0.3, 0.4) is 0 Å². The van der Waals surface area contributed by atoms with Crippen molar-refractivity contribution in [2.45, 2.75) is 33.3 Å². The third-order valence-corrected chi connectivity index (χ3v) is 4.14. The van der Waals surface area contributed by atoms with Crippen LogP contribution in [0, 0.1) is 17.4 Å². The molecule has 0 unspecified atom stereocenters. The van der Waals surface area contributed by atoms with Crippen LogP contribution in [0.4, 0.5) is 5.69 Å². The van der Waals surface area contributed by atoms with Gasteiger partial charge in [0.05, 0.1) is 0 Å². The van der Waals surface area contributed by atoms with Crippen molar-refractivity contribution in [3.8, 4) is 5.75 Å². The van der Waals surface area contributed by atoms with E-state index in [9.17, 15) is 4.79 Å². The van der Waals surface area contributed by atoms with Crippen molar-refractivity contribution in [3.05, 3.63) is 57.2 Å². The number of amides is 1. The zero-order chi connectivity index (χ0) is 16.1. The number of hydrogen-bond donors (Lipinski definition) is 1. The molecule has 0 radical (unpaired) electrons. The lowest BCUT2D eigenvalue weighted by Crippen LogP contribution is -2.32. The van der Waals surface area contributed by atoms with E-state index in [2.05, 4.69) is 27.9 Å². The Hall–Kier alpha value is -1.56. The Morgan fingerprint density at radius 1 is 1.18 bits per heavy atom. The summed E-state index contributed by atoms with van der Waals surface area (Å²) in [7, 11) is 0. The Balaban J connectivity index is 2.10. The number of rotatable bonds is 5. The molecule has 0 aliphatic carbocycles. The first-order valence-corrected chi connectivity index (χ1v) is 8.38. The van der Waals surface area contributed by atoms with Crippen molar-refractivity contribution in [2.24, 2.45) is 0 Å². The first-order valence-electron chi connectivity index (χ1n) is 7.30. The highest BCUT2D eigenvalue weighted by molar-refractivity contribution is 14.1. The van der Waals surface area contributed by atoms with Crippen LogP contribution in [0.1, 0.15) is 24.5 Å². The van der Waals surface area contributed by atoms with Gasteiger partial charge in [-0.25, -0.2) is 0 Å². The van der Waals surface area contributed by atoms with Crippen LogP contribution in [-0.2, 0) is 4.79 Å². The average Bonchev–Trinajstić information content (AvgIpc) is 2.49. The minimum Gasteiger partial charge on any atom is -0.480 e. The highest BCUT2D eigenvalue weighted by Crippen LogP contribution is 2.21. The number of benzene rings is 2. The second-order valence-corrected chi connectivity index (χ2v) is 6.47. The molecule has 0 fully saturated rings. The maximum Gasteiger partial charge on any atom is 0.265 e. The molecule has 0 saturated carbocycles. The van der Waals surface area contributed by atoms with Gasteiger partial charge in [0.2, 0.25) is 0 Å². The smallest absolute Gasteiger partial charge is 0.265 e. The molecule has 2 rings (SSSR count). The van der Waals surface area contributed by atoms with E-state index in [1.807, 2.05) is 63.2 Å². The van der Waals surface area contributed by atoms with E-state index >= 15 is 0 Å². The highest BCUT2D eigenvalue weighted by atomic mass is 127. The van der Waals surface area contributed by atoms with Crippen LogP contribution in [-0.4, -0.2) is 12.0 Å². The Morgan fingerprint density at radius 3 is 2.55 bits per heavy atom. The molecule has 2 aromatic carbocycles. The van der Waals surface area contributed by atoms with Gasteiger partial charge in [0.1, 0.15) is 5.75 Å². The lowest BCUT2D eigenvalue weighted by Gasteiger charge is -2.19. The van der Waals surface area contributed by atoms with Crippen LogP contribution in [0.25, 0.3) is 0 Å². The number of aryl methyl sites for hydroxylation is 2. The number of ether oxygens (including phenoxy) is 1. The molecule has 3 nitrogen and oxygen atoms in total. The normalized spacial score (nSPS) is 11.8. The molecule has 4 heteroatoms. The SMILES string of the molecule is CC[C@@H](Oc1ccccc1C)C(=O)Nc1ccc(I)cc1C. The van der Waals surface area contributed by atoms with Gasteiger partial charge in [0, 0.05) is 9.26 Å². The lowest BCUT2D eigenvalue weighted by molar-refractivity contribution is -0.122. The number of carbonyl (C=O) groups is 1. The van der Waals surface area contributed by atoms with Crippen LogP contribution in [0.5, 0.6) is 5.75 Å². The van der Waals surface area contributed by atoms with Gasteiger partial charge in [0.15, 0.2) is 6.10 Å². The van der Waals surface area contributed by atoms with Crippen LogP contribution in [0.2, 0.25) is 0 Å². The fourth-order valence-electron chi connectivity index (χ4n) is 2.14. The number of carbonyl (C=O) groups excluding carboxylic acids is 1. The summed E-state index contributed by atoms with van der Waals surface area (Å²) in [5, 5.41) is 2.96. The fraction of sp³-hybridized carbons (Fsp3) is 0.278. The van der Waals surface area contributed by atoms with Crippen molar-refractivity contribution < 1.29 is 9.53 Å². The van der Waals surface area contributed by atoms with Crippen molar-refractivity contribution in [1.29, 1.82) is 0 Å². The summed E-state index contributed by atoms with van der Waals surface area (Å²) >= 11 is 2.26. The van der Waals surface area contributed by atoms with E-state index in [-0.39, 0.29) is 5.91 Å². The highest BCUT2D eigenvalue weighted by Gasteiger charge is 2.19. The van der Waals surface area contributed by atoms with Crippen molar-refractivity contribution in [2.75, 3.05) is 5.32 Å². The summed E-state index contributed by atoms with van der Waals surface area (Å²) in [5.41, 5.74) is 2.91. The summed E-state index contributed by atoms with van der Waals surface area (Å²) < 4.78 is 7.03. The van der Waals surface area contributed by atoms with Crippen molar-refractivity contribution in [1.82, 2.24) is 0 Å². The molecule has 0 bridgehead atoms. The fourth-order valence-corrected chi connectivity index (χ4v) is 2.79. The van der Waals surface area contributed by atoms with E-state index in [0.717, 1.165) is 26.1 Å². The van der Waals surface area contributed by atoms with Gasteiger partial charge in [-0.3, -0.25) is 4.79 Å². The van der Waals surface area contributed by atoms with Gasteiger partial charge >= 0.3 is 0 Å². The van der Waals surface area contributed by atoms with Gasteiger partial charge in [-0.05, 0) is 78.3 Å². The second-order valence-electron chi connectivity index (χ2n) is 5.23. The molecule has 116 valence electrons. The zero-order valence-electron chi connectivity index (χ0n) is 13.0. The van der Waals surface area contributed by atoms with E-state index in [0.29, 0.717) is 6.42 Å². The number of halogens is 1. The maximum absolute atomic E-state index is 12.5. The Morgan fingerprint density at radius 2 is 1.91 bits per heavy atom. The molecule has 0 aromatic heterocycles. The van der Waals surface area contributed by atoms with E-state index < -0.39 is 6.10 Å². The molecule has 22 heavy (non-hydrogen) atoms. The van der Waals surface area contributed by atoms with E-state index in [1.165, 1.54) is 0 Å². The first kappa shape index (κ1) is 16.8. The predicted octanol–water partition coefficient (Wildman–Crippen LogP) is 4.70. The third-order valence-electron chi connectivity index (χ3n) is 3.47. The van der Waals surface area contributed by atoms with Crippen LogP contribution in [0.15, 0.2) is 42.5 Å². The molecule has 1 atom stereocenters. The number of hydrogen-bond acceptors (Lipinski definition) is 2. The Bertz CT molecular complexity index is 670. The van der Waals surface area contributed by atoms with Crippen LogP contribution >= 0.6 is 22.6 Å². The predicted molar refractivity (Wildman–Crippen MR) is 98.4 cm³/mol. The van der Waals surface area contributed by atoms with Gasteiger partial charge in [-0.1, -0.05) is 25.1 Å². The first-order chi connectivity index (χ1) is 10.5. The lowest BCUT2D eigenvalue weighted by atomic mass is 10.1. The summed E-state index contributed by atoms with van der Waals surface area (Å²) in [5.74, 6) is 0.638. The van der Waals surface area contributed by atoms with Gasteiger partial charge in [0.25, 0.3) is 5.91 Å². The Kier molecular flexibility index (Phi) is 5.83. The van der Waals surface area contributed by atoms with Gasteiger partial charge < -0.3 is 10.1 Å². The second kappa shape index (κ2) is 7.63. The monoisotopic (exact) mass is 409 g/mol. The van der Waals surface area contributed by atoms with Gasteiger partial charge in [-0.2, -0.15) is 0 Å². The summed E-state index contributed by atoms with van der Waals surface area (Å²) in [4.78, 5) is 12.5. The summed E-state index contributed by atoms with van der Waals surface area (Å²) in [6.45, 7) is 5.91. The largest absolute Gasteiger partial charge is 0.480 e.